The zero-order valence-electron chi connectivity index (χ0n) is 11.6. The molecule has 112 valence electrons. The Bertz CT molecular complexity index is 429. The van der Waals surface area contributed by atoms with Gasteiger partial charge in [0.15, 0.2) is 0 Å². The highest BCUT2D eigenvalue weighted by molar-refractivity contribution is 5.94. The molecule has 1 rings (SSSR count). The Hall–Kier alpha value is -1.56. The lowest BCUT2D eigenvalue weighted by atomic mass is 10.2. The van der Waals surface area contributed by atoms with Gasteiger partial charge in [-0.25, -0.2) is 0 Å². The van der Waals surface area contributed by atoms with Crippen molar-refractivity contribution in [1.82, 2.24) is 5.32 Å². The van der Waals surface area contributed by atoms with Crippen molar-refractivity contribution in [2.75, 3.05) is 11.9 Å². The minimum atomic E-state index is -4.14. The van der Waals surface area contributed by atoms with E-state index in [9.17, 15) is 18.0 Å². The summed E-state index contributed by atoms with van der Waals surface area (Å²) < 4.78 is 35.9. The van der Waals surface area contributed by atoms with Crippen LogP contribution in [0.25, 0.3) is 0 Å². The zero-order valence-corrected chi connectivity index (χ0v) is 11.6. The predicted octanol–water partition coefficient (Wildman–Crippen LogP) is 3.25. The molecule has 0 heterocycles. The molecule has 0 aliphatic rings. The molecule has 0 saturated carbocycles. The van der Waals surface area contributed by atoms with Crippen LogP contribution in [0, 0.1) is 6.92 Å². The Morgan fingerprint density at radius 3 is 2.40 bits per heavy atom. The second kappa shape index (κ2) is 7.28. The molecule has 0 aliphatic heterocycles. The van der Waals surface area contributed by atoms with Gasteiger partial charge in [-0.3, -0.25) is 4.79 Å². The average molecular weight is 288 g/mol. The van der Waals surface area contributed by atoms with Crippen LogP contribution in [-0.4, -0.2) is 24.7 Å². The van der Waals surface area contributed by atoms with E-state index in [0.717, 1.165) is 5.56 Å². The lowest BCUT2D eigenvalue weighted by Gasteiger charge is -2.14. The van der Waals surface area contributed by atoms with Crippen molar-refractivity contribution in [2.24, 2.45) is 0 Å². The van der Waals surface area contributed by atoms with Crippen molar-refractivity contribution in [2.45, 2.75) is 38.9 Å². The quantitative estimate of drug-likeness (QED) is 0.789. The van der Waals surface area contributed by atoms with Crippen molar-refractivity contribution in [3.05, 3.63) is 29.8 Å². The van der Waals surface area contributed by atoms with Crippen LogP contribution in [0.5, 0.6) is 0 Å². The van der Waals surface area contributed by atoms with Gasteiger partial charge in [-0.1, -0.05) is 17.7 Å². The first-order valence-corrected chi connectivity index (χ1v) is 6.45. The Balaban J connectivity index is 2.30. The summed E-state index contributed by atoms with van der Waals surface area (Å²) in [7, 11) is 0. The predicted molar refractivity (Wildman–Crippen MR) is 72.6 cm³/mol. The van der Waals surface area contributed by atoms with Crippen LogP contribution in [0.1, 0.15) is 25.3 Å². The van der Waals surface area contributed by atoms with Crippen molar-refractivity contribution in [3.8, 4) is 0 Å². The van der Waals surface area contributed by atoms with Gasteiger partial charge in [0.2, 0.25) is 5.91 Å². The topological polar surface area (TPSA) is 41.1 Å². The summed E-state index contributed by atoms with van der Waals surface area (Å²) in [5, 5.41) is 5.48. The monoisotopic (exact) mass is 288 g/mol. The SMILES string of the molecule is Cc1ccc(NC(=O)C(C)NCCCC(F)(F)F)cc1. The van der Waals surface area contributed by atoms with Gasteiger partial charge in [0.1, 0.15) is 0 Å². The fraction of sp³-hybridized carbons (Fsp3) is 0.500. The van der Waals surface area contributed by atoms with Crippen LogP contribution < -0.4 is 10.6 Å². The molecular weight excluding hydrogens is 269 g/mol. The molecule has 20 heavy (non-hydrogen) atoms. The maximum Gasteiger partial charge on any atom is 0.389 e. The standard InChI is InChI=1S/C14H19F3N2O/c1-10-4-6-12(7-5-10)19-13(20)11(2)18-9-3-8-14(15,16)17/h4-7,11,18H,3,8-9H2,1-2H3,(H,19,20). The summed E-state index contributed by atoms with van der Waals surface area (Å²) in [4.78, 5) is 11.8. The van der Waals surface area contributed by atoms with Gasteiger partial charge in [0, 0.05) is 12.1 Å². The fourth-order valence-corrected chi connectivity index (χ4v) is 1.59. The maximum atomic E-state index is 12.0. The molecule has 0 bridgehead atoms. The Labute approximate surface area is 116 Å². The third-order valence-corrected chi connectivity index (χ3v) is 2.80. The maximum absolute atomic E-state index is 12.0. The highest BCUT2D eigenvalue weighted by Gasteiger charge is 2.26. The number of amides is 1. The Kier molecular flexibility index (Phi) is 6.01. The molecule has 0 radical (unpaired) electrons. The van der Waals surface area contributed by atoms with Crippen molar-refractivity contribution < 1.29 is 18.0 Å². The highest BCUT2D eigenvalue weighted by atomic mass is 19.4. The Morgan fingerprint density at radius 2 is 1.85 bits per heavy atom. The summed E-state index contributed by atoms with van der Waals surface area (Å²) in [6, 6.07) is 6.77. The normalized spacial score (nSPS) is 13.1. The first-order valence-electron chi connectivity index (χ1n) is 6.45. The number of nitrogens with one attached hydrogen (secondary N) is 2. The lowest BCUT2D eigenvalue weighted by Crippen LogP contribution is -2.38. The fourth-order valence-electron chi connectivity index (χ4n) is 1.59. The number of anilines is 1. The van der Waals surface area contributed by atoms with Gasteiger partial charge in [-0.05, 0) is 38.9 Å². The third kappa shape index (κ3) is 6.56. The number of carbonyl (C=O) groups is 1. The second-order valence-corrected chi connectivity index (χ2v) is 4.75. The van der Waals surface area contributed by atoms with Gasteiger partial charge in [0.25, 0.3) is 0 Å². The van der Waals surface area contributed by atoms with E-state index in [1.807, 2.05) is 19.1 Å². The van der Waals surface area contributed by atoms with Crippen LogP contribution in [0.3, 0.4) is 0 Å². The first kappa shape index (κ1) is 16.5. The molecule has 0 aromatic heterocycles. The van der Waals surface area contributed by atoms with Gasteiger partial charge < -0.3 is 10.6 Å². The number of halogens is 3. The van der Waals surface area contributed by atoms with E-state index < -0.39 is 18.6 Å². The molecule has 0 fully saturated rings. The molecule has 1 aromatic carbocycles. The molecule has 3 nitrogen and oxygen atoms in total. The summed E-state index contributed by atoms with van der Waals surface area (Å²) in [5.41, 5.74) is 1.76. The number of hydrogen-bond donors (Lipinski definition) is 2. The van der Waals surface area contributed by atoms with Crippen LogP contribution in [-0.2, 0) is 4.79 Å². The number of alkyl halides is 3. The smallest absolute Gasteiger partial charge is 0.325 e. The van der Waals surface area contributed by atoms with Crippen LogP contribution in [0.2, 0.25) is 0 Å². The van der Waals surface area contributed by atoms with E-state index in [4.69, 9.17) is 0 Å². The van der Waals surface area contributed by atoms with Crippen molar-refractivity contribution in [1.29, 1.82) is 0 Å². The molecule has 2 N–H and O–H groups in total. The number of hydrogen-bond acceptors (Lipinski definition) is 2. The number of carbonyl (C=O) groups excluding carboxylic acids is 1. The van der Waals surface area contributed by atoms with E-state index in [0.29, 0.717) is 5.69 Å². The zero-order chi connectivity index (χ0) is 15.2. The summed E-state index contributed by atoms with van der Waals surface area (Å²) in [6.45, 7) is 3.72. The van der Waals surface area contributed by atoms with Gasteiger partial charge in [-0.2, -0.15) is 13.2 Å². The Morgan fingerprint density at radius 1 is 1.25 bits per heavy atom. The van der Waals surface area contributed by atoms with E-state index in [1.165, 1.54) is 0 Å². The molecular formula is C14H19F3N2O. The number of aryl methyl sites for hydroxylation is 1. The van der Waals surface area contributed by atoms with E-state index in [2.05, 4.69) is 10.6 Å². The van der Waals surface area contributed by atoms with Crippen molar-refractivity contribution in [3.63, 3.8) is 0 Å². The minimum Gasteiger partial charge on any atom is -0.325 e. The summed E-state index contributed by atoms with van der Waals surface area (Å²) in [5.74, 6) is -0.263. The molecule has 1 amide bonds. The molecule has 1 unspecified atom stereocenters. The van der Waals surface area contributed by atoms with Gasteiger partial charge in [-0.15, -0.1) is 0 Å². The summed E-state index contributed by atoms with van der Waals surface area (Å²) >= 11 is 0. The van der Waals surface area contributed by atoms with Gasteiger partial charge in [0.05, 0.1) is 6.04 Å². The first-order chi connectivity index (χ1) is 9.28. The average Bonchev–Trinajstić information content (AvgIpc) is 2.36. The van der Waals surface area contributed by atoms with Crippen LogP contribution in [0.4, 0.5) is 18.9 Å². The van der Waals surface area contributed by atoms with Gasteiger partial charge >= 0.3 is 6.18 Å². The molecule has 6 heteroatoms. The lowest BCUT2D eigenvalue weighted by molar-refractivity contribution is -0.135. The molecule has 0 aliphatic carbocycles. The van der Waals surface area contributed by atoms with E-state index >= 15 is 0 Å². The van der Waals surface area contributed by atoms with Crippen molar-refractivity contribution >= 4 is 11.6 Å². The molecule has 1 atom stereocenters. The van der Waals surface area contributed by atoms with Crippen LogP contribution in [0.15, 0.2) is 24.3 Å². The largest absolute Gasteiger partial charge is 0.389 e. The minimum absolute atomic E-state index is 0.0361. The van der Waals surface area contributed by atoms with E-state index in [1.54, 1.807) is 19.1 Å². The molecule has 0 spiro atoms. The van der Waals surface area contributed by atoms with E-state index in [-0.39, 0.29) is 18.9 Å². The number of rotatable bonds is 6. The second-order valence-electron chi connectivity index (χ2n) is 4.75. The number of benzene rings is 1. The third-order valence-electron chi connectivity index (χ3n) is 2.80. The van der Waals surface area contributed by atoms with Crippen LogP contribution >= 0.6 is 0 Å². The molecule has 0 saturated heterocycles. The summed E-state index contributed by atoms with van der Waals surface area (Å²) in [6.07, 6.45) is -5.02. The highest BCUT2D eigenvalue weighted by Crippen LogP contribution is 2.20. The molecule has 1 aromatic rings.